The number of amides is 4. The monoisotopic (exact) mass is 627 g/mol. The molecule has 2 aromatic rings. The third-order valence-corrected chi connectivity index (χ3v) is 7.08. The van der Waals surface area contributed by atoms with E-state index in [1.165, 1.54) is 33.3 Å². The molecule has 1 unspecified atom stereocenters. The lowest BCUT2D eigenvalue weighted by Gasteiger charge is -2.32. The number of carbonyl (C=O) groups excluding carboxylic acids is 4. The van der Waals surface area contributed by atoms with Crippen molar-refractivity contribution in [1.82, 2.24) is 15.5 Å². The third-order valence-electron chi connectivity index (χ3n) is 7.08. The standard InChI is InChI=1S/C33H45N3O9/c1-19(2)18-44-31(40)36(32(41)45-33(4,5)6)26(17-25-27(42-7)15-24(37)16-28(25)43-8)30(39)34-20(3)29(38)35-23-13-21-11-9-10-12-22(21)14-23/h9-12,15-16,19-20,23,26,37H,13-14,17-18H2,1-8H3,(H,34,39)(H,35,38)/t20-,26?/m1/s1. The summed E-state index contributed by atoms with van der Waals surface area (Å²) in [5, 5.41) is 15.8. The van der Waals surface area contributed by atoms with Crippen LogP contribution in [0.25, 0.3) is 0 Å². The largest absolute Gasteiger partial charge is 0.508 e. The Morgan fingerprint density at radius 3 is 1.98 bits per heavy atom. The van der Waals surface area contributed by atoms with Crippen LogP contribution in [0.1, 0.15) is 58.2 Å². The van der Waals surface area contributed by atoms with E-state index in [4.69, 9.17) is 18.9 Å². The first kappa shape index (κ1) is 35.0. The number of carbonyl (C=O) groups is 4. The molecule has 0 aliphatic heterocycles. The quantitative estimate of drug-likeness (QED) is 0.334. The molecule has 12 nitrogen and oxygen atoms in total. The maximum Gasteiger partial charge on any atom is 0.420 e. The number of hydrogen-bond acceptors (Lipinski definition) is 9. The zero-order valence-corrected chi connectivity index (χ0v) is 27.3. The summed E-state index contributed by atoms with van der Waals surface area (Å²) in [6.07, 6.45) is -1.20. The minimum atomic E-state index is -1.57. The summed E-state index contributed by atoms with van der Waals surface area (Å²) >= 11 is 0. The van der Waals surface area contributed by atoms with Gasteiger partial charge in [0.15, 0.2) is 0 Å². The Hall–Kier alpha value is -4.48. The molecule has 0 spiro atoms. The molecule has 246 valence electrons. The molecule has 0 bridgehead atoms. The van der Waals surface area contributed by atoms with Gasteiger partial charge < -0.3 is 34.7 Å². The van der Waals surface area contributed by atoms with E-state index >= 15 is 0 Å². The van der Waals surface area contributed by atoms with Crippen LogP contribution < -0.4 is 20.1 Å². The fraction of sp³-hybridized carbons (Fsp3) is 0.515. The molecule has 12 heteroatoms. The molecule has 45 heavy (non-hydrogen) atoms. The molecule has 1 aliphatic carbocycles. The molecule has 1 aliphatic rings. The normalized spacial score (nSPS) is 14.2. The molecule has 2 aromatic carbocycles. The first-order chi connectivity index (χ1) is 21.1. The van der Waals surface area contributed by atoms with Crippen LogP contribution in [-0.2, 0) is 38.3 Å². The molecule has 0 radical (unpaired) electrons. The van der Waals surface area contributed by atoms with Crippen molar-refractivity contribution in [2.45, 2.75) is 84.5 Å². The lowest BCUT2D eigenvalue weighted by atomic mass is 10.0. The zero-order valence-electron chi connectivity index (χ0n) is 27.3. The molecular formula is C33H45N3O9. The number of fused-ring (bicyclic) bond motifs is 1. The molecule has 3 rings (SSSR count). The summed E-state index contributed by atoms with van der Waals surface area (Å²) in [7, 11) is 2.73. The average molecular weight is 628 g/mol. The SMILES string of the molecule is COc1cc(O)cc(OC)c1CC(C(=O)N[C@H](C)C(=O)NC1Cc2ccccc2C1)N(C(=O)OCC(C)C)C(=O)OC(C)(C)C. The molecule has 2 atom stereocenters. The Bertz CT molecular complexity index is 1340. The van der Waals surface area contributed by atoms with Gasteiger partial charge in [0.1, 0.15) is 34.9 Å². The van der Waals surface area contributed by atoms with Gasteiger partial charge in [0.2, 0.25) is 11.8 Å². The van der Waals surface area contributed by atoms with E-state index in [2.05, 4.69) is 10.6 Å². The van der Waals surface area contributed by atoms with Crippen molar-refractivity contribution < 1.29 is 43.2 Å². The zero-order chi connectivity index (χ0) is 33.5. The Morgan fingerprint density at radius 2 is 1.49 bits per heavy atom. The Balaban J connectivity index is 1.95. The van der Waals surface area contributed by atoms with E-state index in [0.717, 1.165) is 11.1 Å². The van der Waals surface area contributed by atoms with Crippen LogP contribution in [0.2, 0.25) is 0 Å². The molecule has 0 heterocycles. The maximum absolute atomic E-state index is 14.0. The molecule has 0 saturated carbocycles. The number of methoxy groups -OCH3 is 2. The summed E-state index contributed by atoms with van der Waals surface area (Å²) in [4.78, 5) is 54.9. The van der Waals surface area contributed by atoms with Gasteiger partial charge in [-0.2, -0.15) is 4.90 Å². The van der Waals surface area contributed by atoms with Crippen molar-refractivity contribution in [3.8, 4) is 17.2 Å². The molecule has 4 amide bonds. The van der Waals surface area contributed by atoms with Crippen LogP contribution in [0.4, 0.5) is 9.59 Å². The van der Waals surface area contributed by atoms with Crippen molar-refractivity contribution in [3.05, 3.63) is 53.1 Å². The Kier molecular flexibility index (Phi) is 11.7. The van der Waals surface area contributed by atoms with Crippen LogP contribution in [0.15, 0.2) is 36.4 Å². The van der Waals surface area contributed by atoms with E-state index in [0.29, 0.717) is 17.7 Å². The van der Waals surface area contributed by atoms with Crippen LogP contribution in [-0.4, -0.2) is 78.6 Å². The van der Waals surface area contributed by atoms with Gasteiger partial charge in [-0.3, -0.25) is 9.59 Å². The van der Waals surface area contributed by atoms with Gasteiger partial charge in [0, 0.05) is 30.2 Å². The van der Waals surface area contributed by atoms with Gasteiger partial charge in [-0.15, -0.1) is 0 Å². The Labute approximate surface area is 264 Å². The summed E-state index contributed by atoms with van der Waals surface area (Å²) in [6.45, 7) is 10.0. The number of phenols is 1. The second kappa shape index (κ2) is 15.0. The van der Waals surface area contributed by atoms with E-state index in [-0.39, 0.29) is 47.8 Å². The lowest BCUT2D eigenvalue weighted by Crippen LogP contribution is -2.58. The first-order valence-electron chi connectivity index (χ1n) is 14.9. The molecule has 0 fully saturated rings. The summed E-state index contributed by atoms with van der Waals surface area (Å²) < 4.78 is 21.8. The van der Waals surface area contributed by atoms with Gasteiger partial charge in [-0.25, -0.2) is 9.59 Å². The first-order valence-corrected chi connectivity index (χ1v) is 14.9. The van der Waals surface area contributed by atoms with Crippen LogP contribution >= 0.6 is 0 Å². The second-order valence-electron chi connectivity index (χ2n) is 12.5. The van der Waals surface area contributed by atoms with E-state index in [1.54, 1.807) is 20.8 Å². The summed E-state index contributed by atoms with van der Waals surface area (Å²) in [6, 6.07) is 7.84. The highest BCUT2D eigenvalue weighted by atomic mass is 16.6. The number of nitrogens with one attached hydrogen (secondary N) is 2. The third kappa shape index (κ3) is 9.50. The van der Waals surface area contributed by atoms with Crippen molar-refractivity contribution >= 4 is 24.0 Å². The average Bonchev–Trinajstić information content (AvgIpc) is 3.37. The smallest absolute Gasteiger partial charge is 0.420 e. The summed E-state index contributed by atoms with van der Waals surface area (Å²) in [5.74, 6) is -1.17. The number of rotatable bonds is 11. The summed E-state index contributed by atoms with van der Waals surface area (Å²) in [5.41, 5.74) is 1.58. The number of aromatic hydroxyl groups is 1. The van der Waals surface area contributed by atoms with Crippen LogP contribution in [0.3, 0.4) is 0 Å². The van der Waals surface area contributed by atoms with Crippen LogP contribution in [0.5, 0.6) is 17.2 Å². The fourth-order valence-electron chi connectivity index (χ4n) is 4.98. The molecule has 3 N–H and O–H groups in total. The van der Waals surface area contributed by atoms with Gasteiger partial charge in [0.05, 0.1) is 20.8 Å². The van der Waals surface area contributed by atoms with Crippen molar-refractivity contribution in [2.75, 3.05) is 20.8 Å². The number of imide groups is 1. The van der Waals surface area contributed by atoms with E-state index in [9.17, 15) is 24.3 Å². The topological polar surface area (TPSA) is 153 Å². The van der Waals surface area contributed by atoms with Crippen molar-refractivity contribution in [1.29, 1.82) is 0 Å². The minimum Gasteiger partial charge on any atom is -0.508 e. The Morgan fingerprint density at radius 1 is 0.933 bits per heavy atom. The maximum atomic E-state index is 14.0. The predicted octanol–water partition coefficient (Wildman–Crippen LogP) is 4.14. The number of phenolic OH excluding ortho intramolecular Hbond substituents is 1. The van der Waals surface area contributed by atoms with E-state index < -0.39 is 41.7 Å². The number of hydrogen-bond donors (Lipinski definition) is 3. The highest BCUT2D eigenvalue weighted by molar-refractivity contribution is 5.97. The molecule has 0 saturated heterocycles. The van der Waals surface area contributed by atoms with Gasteiger partial charge in [-0.05, 0) is 57.6 Å². The second-order valence-corrected chi connectivity index (χ2v) is 12.5. The molecule has 0 aromatic heterocycles. The highest BCUT2D eigenvalue weighted by Crippen LogP contribution is 2.35. The highest BCUT2D eigenvalue weighted by Gasteiger charge is 2.41. The van der Waals surface area contributed by atoms with Gasteiger partial charge >= 0.3 is 12.2 Å². The van der Waals surface area contributed by atoms with Gasteiger partial charge in [-0.1, -0.05) is 38.1 Å². The number of ether oxygens (including phenoxy) is 4. The minimum absolute atomic E-state index is 0.0269. The van der Waals surface area contributed by atoms with Gasteiger partial charge in [0.25, 0.3) is 0 Å². The lowest BCUT2D eigenvalue weighted by molar-refractivity contribution is -0.131. The predicted molar refractivity (Wildman–Crippen MR) is 166 cm³/mol. The van der Waals surface area contributed by atoms with Crippen molar-refractivity contribution in [3.63, 3.8) is 0 Å². The van der Waals surface area contributed by atoms with E-state index in [1.807, 2.05) is 38.1 Å². The number of benzene rings is 2. The number of nitrogens with zero attached hydrogens (tertiary/aromatic N) is 1. The van der Waals surface area contributed by atoms with Crippen LogP contribution in [0, 0.1) is 5.92 Å². The fourth-order valence-corrected chi connectivity index (χ4v) is 4.98. The molecular weight excluding hydrogens is 582 g/mol. The van der Waals surface area contributed by atoms with Crippen molar-refractivity contribution in [2.24, 2.45) is 5.92 Å².